The molecular weight excluding hydrogens is 545 g/mol. The van der Waals surface area contributed by atoms with Crippen LogP contribution in [0.4, 0.5) is 5.82 Å². The molecular formula is C18H28N3O16P. The summed E-state index contributed by atoms with van der Waals surface area (Å²) in [7, 11) is -5.48. The van der Waals surface area contributed by atoms with Gasteiger partial charge in [0.2, 0.25) is 0 Å². The molecule has 0 aromatic carbocycles. The van der Waals surface area contributed by atoms with Crippen molar-refractivity contribution in [1.82, 2.24) is 9.55 Å². The zero-order valence-electron chi connectivity index (χ0n) is 19.3. The van der Waals surface area contributed by atoms with Crippen molar-refractivity contribution in [2.45, 2.75) is 67.3 Å². The molecule has 0 bridgehead atoms. The van der Waals surface area contributed by atoms with E-state index in [1.165, 1.54) is 6.07 Å². The van der Waals surface area contributed by atoms with E-state index in [0.717, 1.165) is 10.8 Å². The first-order chi connectivity index (χ1) is 17.6. The second-order valence-electron chi connectivity index (χ2n) is 8.59. The summed E-state index contributed by atoms with van der Waals surface area (Å²) in [5.74, 6) is -5.43. The first kappa shape index (κ1) is 30.4. The minimum absolute atomic E-state index is 0.131. The smallest absolute Gasteiger partial charge is 0.475 e. The molecule has 0 saturated carbocycles. The zero-order chi connectivity index (χ0) is 28.6. The van der Waals surface area contributed by atoms with Gasteiger partial charge in [-0.05, 0) is 6.07 Å². The number of aliphatic hydroxyl groups excluding tert-OH is 7. The number of hydrogen-bond acceptors (Lipinski definition) is 16. The lowest BCUT2D eigenvalue weighted by molar-refractivity contribution is -0.307. The molecule has 1 aromatic heterocycles. The lowest BCUT2D eigenvalue weighted by Gasteiger charge is -2.44. The Hall–Kier alpha value is -2.10. The van der Waals surface area contributed by atoms with Crippen LogP contribution in [-0.4, -0.2) is 129 Å². The predicted octanol–water partition coefficient (Wildman–Crippen LogP) is -5.42. The van der Waals surface area contributed by atoms with Crippen LogP contribution >= 0.6 is 7.82 Å². The summed E-state index contributed by atoms with van der Waals surface area (Å²) >= 11 is 0. The molecule has 11 N–H and O–H groups in total. The van der Waals surface area contributed by atoms with Gasteiger partial charge in [-0.15, -0.1) is 0 Å². The van der Waals surface area contributed by atoms with Gasteiger partial charge in [0, 0.05) is 12.6 Å². The molecule has 3 rings (SSSR count). The van der Waals surface area contributed by atoms with Crippen LogP contribution < -0.4 is 11.4 Å². The van der Waals surface area contributed by atoms with Crippen LogP contribution in [0.2, 0.25) is 0 Å². The predicted molar refractivity (Wildman–Crippen MR) is 117 cm³/mol. The van der Waals surface area contributed by atoms with Crippen molar-refractivity contribution in [3.63, 3.8) is 0 Å². The molecule has 0 radical (unpaired) electrons. The van der Waals surface area contributed by atoms with Gasteiger partial charge in [0.15, 0.2) is 6.23 Å². The highest BCUT2D eigenvalue weighted by Crippen LogP contribution is 2.51. The Balaban J connectivity index is 1.74. The second kappa shape index (κ2) is 11.6. The van der Waals surface area contributed by atoms with Crippen LogP contribution in [-0.2, 0) is 27.9 Å². The maximum absolute atomic E-state index is 12.6. The third kappa shape index (κ3) is 6.20. The monoisotopic (exact) mass is 573 g/mol. The largest absolute Gasteiger partial charge is 0.477 e. The Kier molecular flexibility index (Phi) is 9.26. The molecule has 2 fully saturated rings. The van der Waals surface area contributed by atoms with Crippen LogP contribution in [0.3, 0.4) is 0 Å². The van der Waals surface area contributed by atoms with Gasteiger partial charge in [-0.3, -0.25) is 9.09 Å². The number of nitrogens with two attached hydrogens (primary N) is 1. The van der Waals surface area contributed by atoms with Crippen LogP contribution in [0.5, 0.6) is 0 Å². The number of aromatic nitrogens is 2. The Morgan fingerprint density at radius 3 is 2.50 bits per heavy atom. The lowest BCUT2D eigenvalue weighted by atomic mass is 9.91. The fourth-order valence-corrected chi connectivity index (χ4v) is 4.84. The van der Waals surface area contributed by atoms with Crippen molar-refractivity contribution in [3.8, 4) is 0 Å². The van der Waals surface area contributed by atoms with Gasteiger partial charge in [0.05, 0.1) is 19.3 Å². The number of hydrogen-bond donors (Lipinski definition) is 10. The number of rotatable bonds is 10. The molecule has 20 heteroatoms. The van der Waals surface area contributed by atoms with E-state index in [0.29, 0.717) is 0 Å². The second-order valence-corrected chi connectivity index (χ2v) is 9.97. The summed E-state index contributed by atoms with van der Waals surface area (Å²) in [6.45, 7) is -2.06. The standard InChI is InChI=1S/C18H28N3O16P/c19-9-1-2-21(17(31)20-9)15-13(28)12(27)8(35-15)5-34-38(32,33)37-18(16(29)30)3-6(23)10(25)14(36-18)11(26)7(24)4-22/h1-2,6-8,10-15,22-28H,3-5H2,(H,29,30)(H,32,33)(H2,19,20,31)/t6-,7+,8+,10+,11+,12+,13+,14+,15+,18-/m0/s1. The minimum Gasteiger partial charge on any atom is -0.477 e. The molecule has 11 atom stereocenters. The molecule has 19 nitrogen and oxygen atoms in total. The quantitative estimate of drug-likeness (QED) is 0.117. The van der Waals surface area contributed by atoms with Gasteiger partial charge in [-0.2, -0.15) is 4.98 Å². The Labute approximate surface area is 212 Å². The summed E-state index contributed by atoms with van der Waals surface area (Å²) in [5.41, 5.74) is 4.45. The van der Waals surface area contributed by atoms with Gasteiger partial charge in [0.25, 0.3) is 5.79 Å². The van der Waals surface area contributed by atoms with Gasteiger partial charge < -0.3 is 61.0 Å². The number of aliphatic hydroxyl groups is 7. The van der Waals surface area contributed by atoms with E-state index in [9.17, 15) is 54.8 Å². The van der Waals surface area contributed by atoms with E-state index >= 15 is 0 Å². The average molecular weight is 573 g/mol. The highest BCUT2D eigenvalue weighted by Gasteiger charge is 2.58. The van der Waals surface area contributed by atoms with E-state index in [4.69, 9.17) is 24.8 Å². The summed E-state index contributed by atoms with van der Waals surface area (Å²) in [6, 6.07) is 1.20. The van der Waals surface area contributed by atoms with Crippen molar-refractivity contribution < 1.29 is 73.6 Å². The number of anilines is 1. The van der Waals surface area contributed by atoms with E-state index in [2.05, 4.69) is 9.51 Å². The van der Waals surface area contributed by atoms with Crippen molar-refractivity contribution in [2.75, 3.05) is 18.9 Å². The molecule has 38 heavy (non-hydrogen) atoms. The third-order valence-corrected chi connectivity index (χ3v) is 6.91. The maximum Gasteiger partial charge on any atom is 0.475 e. The highest BCUT2D eigenvalue weighted by molar-refractivity contribution is 7.47. The van der Waals surface area contributed by atoms with Gasteiger partial charge >= 0.3 is 19.5 Å². The van der Waals surface area contributed by atoms with E-state index in [-0.39, 0.29) is 5.82 Å². The van der Waals surface area contributed by atoms with Gasteiger partial charge in [-0.25, -0.2) is 18.7 Å². The molecule has 2 saturated heterocycles. The zero-order valence-corrected chi connectivity index (χ0v) is 20.2. The highest BCUT2D eigenvalue weighted by atomic mass is 31.2. The first-order valence-electron chi connectivity index (χ1n) is 10.9. The fourth-order valence-electron chi connectivity index (χ4n) is 3.88. The first-order valence-corrected chi connectivity index (χ1v) is 12.4. The molecule has 2 aliphatic heterocycles. The van der Waals surface area contributed by atoms with Crippen molar-refractivity contribution in [3.05, 3.63) is 22.7 Å². The average Bonchev–Trinajstić information content (AvgIpc) is 3.12. The van der Waals surface area contributed by atoms with E-state index in [1.54, 1.807) is 0 Å². The molecule has 1 unspecified atom stereocenters. The topological polar surface area (TPSA) is 314 Å². The summed E-state index contributed by atoms with van der Waals surface area (Å²) < 4.78 is 33.1. The number of nitrogens with zero attached hydrogens (tertiary/aromatic N) is 2. The maximum atomic E-state index is 12.6. The minimum atomic E-state index is -5.48. The van der Waals surface area contributed by atoms with Crippen molar-refractivity contribution in [2.24, 2.45) is 0 Å². The molecule has 3 heterocycles. The molecule has 0 amide bonds. The normalized spacial score (nSPS) is 36.9. The van der Waals surface area contributed by atoms with Crippen LogP contribution in [0, 0.1) is 0 Å². The summed E-state index contributed by atoms with van der Waals surface area (Å²) in [4.78, 5) is 37.6. The molecule has 2 aliphatic rings. The SMILES string of the molecule is Nc1ccn([C@@H]2O[C@H](COP(=O)(O)O[C@]3(C(=O)O)C[C@H](O)[C@@H](O)[C@H]([C@H](O)[C@H](O)CO)O3)[C@@H](O)[C@H]2O)c(=O)n1. The molecule has 216 valence electrons. The number of phosphoric ester groups is 1. The van der Waals surface area contributed by atoms with Crippen molar-refractivity contribution in [1.29, 1.82) is 0 Å². The number of carboxylic acids is 1. The fraction of sp³-hybridized carbons (Fsp3) is 0.722. The van der Waals surface area contributed by atoms with Gasteiger partial charge in [0.1, 0.15) is 48.5 Å². The Bertz CT molecular complexity index is 1110. The van der Waals surface area contributed by atoms with Crippen LogP contribution in [0.1, 0.15) is 12.6 Å². The number of nitrogen functional groups attached to an aromatic ring is 1. The number of carboxylic acid groups (broad SMARTS) is 1. The summed E-state index contributed by atoms with van der Waals surface area (Å²) in [6.07, 6.45) is -16.9. The molecule has 0 aliphatic carbocycles. The van der Waals surface area contributed by atoms with Crippen LogP contribution in [0.25, 0.3) is 0 Å². The Morgan fingerprint density at radius 1 is 1.26 bits per heavy atom. The number of aliphatic carboxylic acids is 1. The number of phosphoric acid groups is 1. The molecule has 0 spiro atoms. The number of carbonyl (C=O) groups is 1. The Morgan fingerprint density at radius 2 is 1.92 bits per heavy atom. The number of ether oxygens (including phenoxy) is 2. The summed E-state index contributed by atoms with van der Waals surface area (Å²) in [5, 5.41) is 79.1. The molecule has 1 aromatic rings. The van der Waals surface area contributed by atoms with E-state index in [1.807, 2.05) is 0 Å². The van der Waals surface area contributed by atoms with Crippen molar-refractivity contribution >= 4 is 19.6 Å². The van der Waals surface area contributed by atoms with Crippen LogP contribution in [0.15, 0.2) is 17.1 Å². The third-order valence-electron chi connectivity index (χ3n) is 5.91. The lowest BCUT2D eigenvalue weighted by Crippen LogP contribution is -2.63. The van der Waals surface area contributed by atoms with Gasteiger partial charge in [-0.1, -0.05) is 0 Å². The van der Waals surface area contributed by atoms with E-state index < -0.39 is 100.0 Å².